The summed E-state index contributed by atoms with van der Waals surface area (Å²) >= 11 is 1.69. The highest BCUT2D eigenvalue weighted by molar-refractivity contribution is 7.09. The Kier molecular flexibility index (Phi) is 5.24. The van der Waals surface area contributed by atoms with Crippen LogP contribution in [0.1, 0.15) is 31.2 Å². The molecule has 0 aliphatic carbocycles. The van der Waals surface area contributed by atoms with Crippen molar-refractivity contribution < 1.29 is 9.53 Å². The predicted octanol–water partition coefficient (Wildman–Crippen LogP) is 5.64. The van der Waals surface area contributed by atoms with Gasteiger partial charge in [0.15, 0.2) is 0 Å². The van der Waals surface area contributed by atoms with Gasteiger partial charge >= 0.3 is 5.97 Å². The summed E-state index contributed by atoms with van der Waals surface area (Å²) in [4.78, 5) is 14.0. The van der Waals surface area contributed by atoms with Crippen LogP contribution in [0.2, 0.25) is 0 Å². The molecule has 0 radical (unpaired) electrons. The third-order valence-electron chi connectivity index (χ3n) is 4.06. The summed E-state index contributed by atoms with van der Waals surface area (Å²) in [6.07, 6.45) is 1.41. The van der Waals surface area contributed by atoms with Crippen molar-refractivity contribution in [3.05, 3.63) is 70.4 Å². The minimum atomic E-state index is -0.464. The van der Waals surface area contributed by atoms with E-state index in [2.05, 4.69) is 41.8 Å². The second-order valence-corrected chi connectivity index (χ2v) is 8.43. The van der Waals surface area contributed by atoms with Crippen LogP contribution < -0.4 is 0 Å². The molecule has 130 valence electrons. The summed E-state index contributed by atoms with van der Waals surface area (Å²) in [5.74, 6) is -0.284. The first kappa shape index (κ1) is 17.7. The van der Waals surface area contributed by atoms with E-state index in [0.717, 1.165) is 6.42 Å². The molecule has 0 fully saturated rings. The molecule has 0 saturated carbocycles. The number of benzene rings is 2. The second kappa shape index (κ2) is 7.40. The molecule has 0 aliphatic heterocycles. The van der Waals surface area contributed by atoms with Gasteiger partial charge in [-0.15, -0.1) is 11.3 Å². The zero-order chi connectivity index (χ0) is 17.9. The van der Waals surface area contributed by atoms with Gasteiger partial charge in [0.2, 0.25) is 0 Å². The molecule has 3 rings (SSSR count). The highest BCUT2D eigenvalue weighted by atomic mass is 32.1. The monoisotopic (exact) mass is 352 g/mol. The molecule has 1 atom stereocenters. The Labute approximate surface area is 153 Å². The third-order valence-corrected chi connectivity index (χ3v) is 4.96. The first-order valence-electron chi connectivity index (χ1n) is 8.64. The second-order valence-electron chi connectivity index (χ2n) is 7.40. The first-order chi connectivity index (χ1) is 11.9. The van der Waals surface area contributed by atoms with Gasteiger partial charge in [0.1, 0.15) is 5.60 Å². The number of fused-ring (bicyclic) bond motifs is 1. The fourth-order valence-corrected chi connectivity index (χ4v) is 3.73. The normalized spacial score (nSPS) is 12.9. The van der Waals surface area contributed by atoms with Crippen molar-refractivity contribution in [2.45, 2.75) is 39.2 Å². The van der Waals surface area contributed by atoms with E-state index in [1.165, 1.54) is 21.2 Å². The summed E-state index contributed by atoms with van der Waals surface area (Å²) in [7, 11) is 0. The number of esters is 1. The van der Waals surface area contributed by atoms with Crippen molar-refractivity contribution in [3.8, 4) is 0 Å². The molecule has 1 aromatic heterocycles. The average molecular weight is 352 g/mol. The van der Waals surface area contributed by atoms with E-state index in [1.54, 1.807) is 11.3 Å². The zero-order valence-corrected chi connectivity index (χ0v) is 15.8. The molecule has 3 heteroatoms. The number of rotatable bonds is 5. The van der Waals surface area contributed by atoms with Crippen LogP contribution in [0.5, 0.6) is 0 Å². The highest BCUT2D eigenvalue weighted by Gasteiger charge is 2.26. The van der Waals surface area contributed by atoms with Gasteiger partial charge in [-0.25, -0.2) is 0 Å². The van der Waals surface area contributed by atoms with Crippen LogP contribution in [0.4, 0.5) is 0 Å². The lowest BCUT2D eigenvalue weighted by Gasteiger charge is -2.24. The van der Waals surface area contributed by atoms with E-state index in [1.807, 2.05) is 39.0 Å². The van der Waals surface area contributed by atoms with Crippen LogP contribution in [-0.4, -0.2) is 11.6 Å². The van der Waals surface area contributed by atoms with Gasteiger partial charge in [-0.2, -0.15) is 0 Å². The maximum absolute atomic E-state index is 12.7. The summed E-state index contributed by atoms with van der Waals surface area (Å²) in [5, 5.41) is 4.48. The third kappa shape index (κ3) is 4.93. The molecule has 25 heavy (non-hydrogen) atoms. The number of hydrogen-bond donors (Lipinski definition) is 0. The van der Waals surface area contributed by atoms with Crippen molar-refractivity contribution in [1.29, 1.82) is 0 Å². The molecular formula is C22H24O2S. The van der Waals surface area contributed by atoms with Crippen molar-refractivity contribution in [3.63, 3.8) is 0 Å². The Morgan fingerprint density at radius 3 is 2.44 bits per heavy atom. The van der Waals surface area contributed by atoms with Crippen molar-refractivity contribution in [2.24, 2.45) is 5.92 Å². The minimum absolute atomic E-state index is 0.117. The smallest absolute Gasteiger partial charge is 0.310 e. The van der Waals surface area contributed by atoms with E-state index in [-0.39, 0.29) is 11.9 Å². The van der Waals surface area contributed by atoms with Crippen LogP contribution in [0.15, 0.2) is 60.0 Å². The van der Waals surface area contributed by atoms with Crippen LogP contribution in [0.3, 0.4) is 0 Å². The largest absolute Gasteiger partial charge is 0.460 e. The molecule has 1 heterocycles. The van der Waals surface area contributed by atoms with Gasteiger partial charge in [0.25, 0.3) is 0 Å². The Morgan fingerprint density at radius 1 is 1.00 bits per heavy atom. The molecule has 0 spiro atoms. The number of carbonyl (C=O) groups excluding carboxylic acids is 1. The Bertz CT molecular complexity index is 844. The standard InChI is InChI=1S/C22H24O2S/c1-22(2,3)24-21(23)19(15-20-9-6-12-25-20)14-16-10-11-17-7-4-5-8-18(17)13-16/h4-13,19H,14-15H2,1-3H3/t19-/m0/s1. The van der Waals surface area contributed by atoms with Crippen molar-refractivity contribution >= 4 is 28.1 Å². The van der Waals surface area contributed by atoms with E-state index in [0.29, 0.717) is 6.42 Å². The van der Waals surface area contributed by atoms with Crippen LogP contribution >= 0.6 is 11.3 Å². The molecule has 0 saturated heterocycles. The van der Waals surface area contributed by atoms with Gasteiger partial charge in [0, 0.05) is 4.88 Å². The quantitative estimate of drug-likeness (QED) is 0.555. The van der Waals surface area contributed by atoms with Crippen LogP contribution in [0, 0.1) is 5.92 Å². The molecule has 0 bridgehead atoms. The Balaban J connectivity index is 1.83. The van der Waals surface area contributed by atoms with E-state index in [4.69, 9.17) is 4.74 Å². The zero-order valence-electron chi connectivity index (χ0n) is 15.0. The molecule has 2 nitrogen and oxygen atoms in total. The fourth-order valence-electron chi connectivity index (χ4n) is 2.95. The Hall–Kier alpha value is -2.13. The number of thiophene rings is 1. The fraction of sp³-hybridized carbons (Fsp3) is 0.318. The highest BCUT2D eigenvalue weighted by Crippen LogP contribution is 2.24. The number of ether oxygens (including phenoxy) is 1. The van der Waals surface area contributed by atoms with E-state index >= 15 is 0 Å². The number of carbonyl (C=O) groups is 1. The molecule has 0 N–H and O–H groups in total. The molecule has 0 unspecified atom stereocenters. The lowest BCUT2D eigenvalue weighted by Crippen LogP contribution is -2.30. The lowest BCUT2D eigenvalue weighted by atomic mass is 9.94. The Morgan fingerprint density at radius 2 is 1.76 bits per heavy atom. The SMILES string of the molecule is CC(C)(C)OC(=O)[C@@H](Cc1ccc2ccccc2c1)Cc1cccs1. The molecular weight excluding hydrogens is 328 g/mol. The van der Waals surface area contributed by atoms with Gasteiger partial charge < -0.3 is 4.74 Å². The molecule has 0 aliphatic rings. The van der Waals surface area contributed by atoms with Gasteiger partial charge in [-0.1, -0.05) is 48.5 Å². The molecule has 2 aromatic carbocycles. The maximum Gasteiger partial charge on any atom is 0.310 e. The van der Waals surface area contributed by atoms with Crippen LogP contribution in [-0.2, 0) is 22.4 Å². The lowest BCUT2D eigenvalue weighted by molar-refractivity contribution is -0.159. The number of hydrogen-bond acceptors (Lipinski definition) is 3. The summed E-state index contributed by atoms with van der Waals surface area (Å²) in [6, 6.07) is 18.9. The predicted molar refractivity (Wildman–Crippen MR) is 105 cm³/mol. The average Bonchev–Trinajstić information content (AvgIpc) is 3.05. The maximum atomic E-state index is 12.7. The summed E-state index contributed by atoms with van der Waals surface area (Å²) in [5.41, 5.74) is 0.708. The molecule has 0 amide bonds. The van der Waals surface area contributed by atoms with E-state index in [9.17, 15) is 4.79 Å². The minimum Gasteiger partial charge on any atom is -0.460 e. The van der Waals surface area contributed by atoms with Gasteiger partial charge in [0.05, 0.1) is 5.92 Å². The first-order valence-corrected chi connectivity index (χ1v) is 9.51. The molecule has 3 aromatic rings. The van der Waals surface area contributed by atoms with Crippen molar-refractivity contribution in [1.82, 2.24) is 0 Å². The van der Waals surface area contributed by atoms with Crippen LogP contribution in [0.25, 0.3) is 10.8 Å². The van der Waals surface area contributed by atoms with Crippen molar-refractivity contribution in [2.75, 3.05) is 0 Å². The van der Waals surface area contributed by atoms with Gasteiger partial charge in [-0.3, -0.25) is 4.79 Å². The summed E-state index contributed by atoms with van der Waals surface area (Å²) < 4.78 is 5.67. The van der Waals surface area contributed by atoms with E-state index < -0.39 is 5.60 Å². The topological polar surface area (TPSA) is 26.3 Å². The van der Waals surface area contributed by atoms with Gasteiger partial charge in [-0.05, 0) is 61.4 Å². The summed E-state index contributed by atoms with van der Waals surface area (Å²) in [6.45, 7) is 5.76.